The Balaban J connectivity index is 1.72. The highest BCUT2D eigenvalue weighted by molar-refractivity contribution is 7.71. The van der Waals surface area contributed by atoms with Gasteiger partial charge >= 0.3 is 0 Å². The van der Waals surface area contributed by atoms with Crippen molar-refractivity contribution in [3.63, 3.8) is 0 Å². The molecular formula is C22H23NO2S. The Kier molecular flexibility index (Phi) is 5.74. The predicted molar refractivity (Wildman–Crippen MR) is 109 cm³/mol. The highest BCUT2D eigenvalue weighted by atomic mass is 32.1. The summed E-state index contributed by atoms with van der Waals surface area (Å²) in [6.45, 7) is 4.69. The molecule has 0 unspecified atom stereocenters. The Bertz CT molecular complexity index is 928. The van der Waals surface area contributed by atoms with Gasteiger partial charge in [0.25, 0.3) is 0 Å². The maximum Gasteiger partial charge on any atom is 0.127 e. The predicted octanol–water partition coefficient (Wildman–Crippen LogP) is 6.17. The smallest absolute Gasteiger partial charge is 0.127 e. The van der Waals surface area contributed by atoms with Crippen molar-refractivity contribution in [1.82, 2.24) is 0 Å². The summed E-state index contributed by atoms with van der Waals surface area (Å²) in [6, 6.07) is 18.4. The van der Waals surface area contributed by atoms with E-state index in [1.807, 2.05) is 25.1 Å². The maximum absolute atomic E-state index is 5.93. The number of aryl methyl sites for hydroxylation is 1. The van der Waals surface area contributed by atoms with Gasteiger partial charge in [0.15, 0.2) is 0 Å². The van der Waals surface area contributed by atoms with Gasteiger partial charge in [-0.25, -0.2) is 0 Å². The summed E-state index contributed by atoms with van der Waals surface area (Å²) in [5.41, 5.74) is 4.40. The first-order valence-electron chi connectivity index (χ1n) is 8.71. The number of rotatable bonds is 6. The molecular weight excluding hydrogens is 342 g/mol. The van der Waals surface area contributed by atoms with Crippen LogP contribution in [-0.4, -0.2) is 7.11 Å². The lowest BCUT2D eigenvalue weighted by Crippen LogP contribution is -2.02. The number of nitrogens with one attached hydrogen (secondary N) is 1. The van der Waals surface area contributed by atoms with Gasteiger partial charge in [-0.15, -0.1) is 0 Å². The van der Waals surface area contributed by atoms with Crippen LogP contribution in [0.5, 0.6) is 5.75 Å². The van der Waals surface area contributed by atoms with E-state index >= 15 is 0 Å². The topological polar surface area (TPSA) is 34.4 Å². The Morgan fingerprint density at radius 3 is 2.19 bits per heavy atom. The van der Waals surface area contributed by atoms with Crippen molar-refractivity contribution in [1.29, 1.82) is 0 Å². The monoisotopic (exact) mass is 365 g/mol. The van der Waals surface area contributed by atoms with E-state index in [-0.39, 0.29) is 0 Å². The Morgan fingerprint density at radius 2 is 1.62 bits per heavy atom. The molecule has 2 aromatic carbocycles. The van der Waals surface area contributed by atoms with Crippen molar-refractivity contribution in [3.05, 3.63) is 76.2 Å². The molecule has 0 spiro atoms. The molecule has 1 aromatic heterocycles. The van der Waals surface area contributed by atoms with Gasteiger partial charge in [-0.1, -0.05) is 43.4 Å². The fourth-order valence-electron chi connectivity index (χ4n) is 2.75. The summed E-state index contributed by atoms with van der Waals surface area (Å²) in [5.74, 6) is 2.68. The lowest BCUT2D eigenvalue weighted by molar-refractivity contribution is 0.415. The van der Waals surface area contributed by atoms with E-state index in [1.54, 1.807) is 7.11 Å². The average Bonchev–Trinajstić information content (AvgIpc) is 2.69. The van der Waals surface area contributed by atoms with Crippen LogP contribution in [0.4, 0.5) is 5.69 Å². The van der Waals surface area contributed by atoms with E-state index in [2.05, 4.69) is 48.6 Å². The zero-order chi connectivity index (χ0) is 18.5. The van der Waals surface area contributed by atoms with Gasteiger partial charge in [-0.05, 0) is 48.4 Å². The molecule has 0 aliphatic carbocycles. The van der Waals surface area contributed by atoms with E-state index in [0.29, 0.717) is 6.54 Å². The standard InChI is InChI=1S/C22H23NO2S/c1-4-19-13-22(26)15(2)21(25-19)14-23-18-9-5-16(6-10-18)17-7-11-20(24-3)12-8-17/h5-13,23H,4,14H2,1-3H3. The molecule has 0 bridgehead atoms. The quantitative estimate of drug-likeness (QED) is 0.530. The van der Waals surface area contributed by atoms with E-state index in [4.69, 9.17) is 21.4 Å². The molecule has 3 rings (SSSR count). The average molecular weight is 365 g/mol. The van der Waals surface area contributed by atoms with E-state index in [1.165, 1.54) is 5.56 Å². The second-order valence-electron chi connectivity index (χ2n) is 6.14. The Labute approximate surface area is 159 Å². The van der Waals surface area contributed by atoms with Gasteiger partial charge in [0.1, 0.15) is 17.3 Å². The zero-order valence-corrected chi connectivity index (χ0v) is 16.2. The molecule has 1 N–H and O–H groups in total. The second kappa shape index (κ2) is 8.19. The molecule has 3 aromatic rings. The summed E-state index contributed by atoms with van der Waals surface area (Å²) in [4.78, 5) is 0. The number of ether oxygens (including phenoxy) is 1. The number of hydrogen-bond donors (Lipinski definition) is 1. The first-order chi connectivity index (χ1) is 12.6. The lowest BCUT2D eigenvalue weighted by atomic mass is 10.1. The zero-order valence-electron chi connectivity index (χ0n) is 15.3. The van der Waals surface area contributed by atoms with Crippen LogP contribution in [0.3, 0.4) is 0 Å². The van der Waals surface area contributed by atoms with Crippen LogP contribution in [0.2, 0.25) is 0 Å². The Morgan fingerprint density at radius 1 is 1.00 bits per heavy atom. The normalized spacial score (nSPS) is 10.6. The van der Waals surface area contributed by atoms with Gasteiger partial charge < -0.3 is 14.5 Å². The molecule has 0 fully saturated rings. The van der Waals surface area contributed by atoms with Crippen LogP contribution in [-0.2, 0) is 13.0 Å². The van der Waals surface area contributed by atoms with Crippen LogP contribution >= 0.6 is 12.2 Å². The van der Waals surface area contributed by atoms with E-state index < -0.39 is 0 Å². The summed E-state index contributed by atoms with van der Waals surface area (Å²) in [5, 5.41) is 3.42. The largest absolute Gasteiger partial charge is 0.497 e. The highest BCUT2D eigenvalue weighted by Crippen LogP contribution is 2.24. The van der Waals surface area contributed by atoms with Crippen molar-refractivity contribution in [2.24, 2.45) is 0 Å². The Hall–Kier alpha value is -2.59. The van der Waals surface area contributed by atoms with Crippen LogP contribution in [0.25, 0.3) is 11.1 Å². The molecule has 0 amide bonds. The number of methoxy groups -OCH3 is 1. The van der Waals surface area contributed by atoms with Crippen molar-refractivity contribution in [3.8, 4) is 16.9 Å². The molecule has 1 heterocycles. The molecule has 0 aliphatic rings. The molecule has 0 saturated carbocycles. The molecule has 3 nitrogen and oxygen atoms in total. The van der Waals surface area contributed by atoms with Crippen molar-refractivity contribution in [2.75, 3.05) is 12.4 Å². The molecule has 134 valence electrons. The van der Waals surface area contributed by atoms with Crippen LogP contribution in [0.15, 0.2) is 59.0 Å². The van der Waals surface area contributed by atoms with Gasteiger partial charge in [0, 0.05) is 22.2 Å². The van der Waals surface area contributed by atoms with Gasteiger partial charge in [-0.3, -0.25) is 0 Å². The minimum Gasteiger partial charge on any atom is -0.497 e. The van der Waals surface area contributed by atoms with Gasteiger partial charge in [0.05, 0.1) is 13.7 Å². The van der Waals surface area contributed by atoms with Crippen LogP contribution in [0.1, 0.15) is 24.0 Å². The lowest BCUT2D eigenvalue weighted by Gasteiger charge is -2.11. The summed E-state index contributed by atoms with van der Waals surface area (Å²) in [6.07, 6.45) is 0.841. The third-order valence-corrected chi connectivity index (χ3v) is 4.87. The van der Waals surface area contributed by atoms with E-state index in [9.17, 15) is 0 Å². The minimum atomic E-state index is 0.616. The molecule has 4 heteroatoms. The van der Waals surface area contributed by atoms with Crippen LogP contribution < -0.4 is 10.1 Å². The summed E-state index contributed by atoms with van der Waals surface area (Å²) in [7, 11) is 1.68. The summed E-state index contributed by atoms with van der Waals surface area (Å²) < 4.78 is 12.0. The van der Waals surface area contributed by atoms with Crippen LogP contribution in [0, 0.1) is 11.4 Å². The molecule has 0 radical (unpaired) electrons. The fraction of sp³-hybridized carbons (Fsp3) is 0.227. The summed E-state index contributed by atoms with van der Waals surface area (Å²) >= 11 is 5.42. The molecule has 0 aliphatic heterocycles. The second-order valence-corrected chi connectivity index (χ2v) is 6.58. The highest BCUT2D eigenvalue weighted by Gasteiger charge is 2.06. The maximum atomic E-state index is 5.93. The number of hydrogen-bond acceptors (Lipinski definition) is 4. The third kappa shape index (κ3) is 4.14. The minimum absolute atomic E-state index is 0.616. The van der Waals surface area contributed by atoms with Crippen molar-refractivity contribution in [2.45, 2.75) is 26.8 Å². The number of anilines is 1. The third-order valence-electron chi connectivity index (χ3n) is 4.44. The first-order valence-corrected chi connectivity index (χ1v) is 9.12. The van der Waals surface area contributed by atoms with E-state index in [0.717, 1.165) is 45.0 Å². The molecule has 0 saturated heterocycles. The van der Waals surface area contributed by atoms with Gasteiger partial charge in [0.2, 0.25) is 0 Å². The van der Waals surface area contributed by atoms with Crippen molar-refractivity contribution < 1.29 is 9.15 Å². The fourth-order valence-corrected chi connectivity index (χ4v) is 2.99. The first kappa shape index (κ1) is 18.2. The SMILES string of the molecule is CCc1cc(=S)c(C)c(CNc2ccc(-c3ccc(OC)cc3)cc2)o1. The molecule has 26 heavy (non-hydrogen) atoms. The molecule has 0 atom stereocenters. The van der Waals surface area contributed by atoms with Gasteiger partial charge in [-0.2, -0.15) is 0 Å². The number of benzene rings is 2. The van der Waals surface area contributed by atoms with Crippen molar-refractivity contribution >= 4 is 17.9 Å².